The van der Waals surface area contributed by atoms with E-state index < -0.39 is 30.2 Å². The van der Waals surface area contributed by atoms with Crippen LogP contribution in [0.4, 0.5) is 0 Å². The number of carbonyl (C=O) groups excluding carboxylic acids is 2. The maximum absolute atomic E-state index is 12.0. The van der Waals surface area contributed by atoms with E-state index in [0.29, 0.717) is 4.88 Å². The third-order valence-electron chi connectivity index (χ3n) is 2.86. The zero-order chi connectivity index (χ0) is 14.7. The minimum atomic E-state index is -1.28. The van der Waals surface area contributed by atoms with Crippen LogP contribution in [0.3, 0.4) is 0 Å². The summed E-state index contributed by atoms with van der Waals surface area (Å²) >= 11 is 3.19. The van der Waals surface area contributed by atoms with Crippen molar-refractivity contribution >= 4 is 40.9 Å². The Hall–Kier alpha value is -1.54. The summed E-state index contributed by atoms with van der Waals surface area (Å²) in [6, 6.07) is 0.513. The average molecular weight is 314 g/mol. The van der Waals surface area contributed by atoms with Crippen molar-refractivity contribution in [3.8, 4) is 0 Å². The number of primary amides is 1. The molecule has 1 aromatic rings. The van der Waals surface area contributed by atoms with Gasteiger partial charge in [0, 0.05) is 10.6 Å². The highest BCUT2D eigenvalue weighted by molar-refractivity contribution is 7.98. The summed E-state index contributed by atoms with van der Waals surface area (Å²) in [5.41, 5.74) is 6.11. The molecule has 0 aliphatic carbocycles. The molecule has 1 atom stereocenters. The molecular weight excluding hydrogens is 300 g/mol. The number of hydrogen-bond donors (Lipinski definition) is 3. The Bertz CT molecular complexity index is 532. The first-order chi connectivity index (χ1) is 9.47. The molecule has 0 radical (unpaired) electrons. The van der Waals surface area contributed by atoms with E-state index in [1.165, 1.54) is 16.2 Å². The van der Waals surface area contributed by atoms with E-state index in [0.717, 1.165) is 23.5 Å². The zero-order valence-corrected chi connectivity index (χ0v) is 12.2. The Kier molecular flexibility index (Phi) is 4.66. The fourth-order valence-corrected chi connectivity index (χ4v) is 4.17. The largest absolute Gasteiger partial charge is 0.480 e. The Morgan fingerprint density at radius 3 is 2.80 bits per heavy atom. The van der Waals surface area contributed by atoms with Gasteiger partial charge in [-0.2, -0.15) is 11.8 Å². The summed E-state index contributed by atoms with van der Waals surface area (Å²) in [5, 5.41) is 11.3. The van der Waals surface area contributed by atoms with E-state index in [-0.39, 0.29) is 0 Å². The number of aliphatic carboxylic acids is 1. The summed E-state index contributed by atoms with van der Waals surface area (Å²) < 4.78 is 0. The predicted octanol–water partition coefficient (Wildman–Crippen LogP) is 0.596. The van der Waals surface area contributed by atoms with Crippen LogP contribution in [0.5, 0.6) is 0 Å². The molecule has 1 aliphatic rings. The average Bonchev–Trinajstić information content (AvgIpc) is 2.81. The lowest BCUT2D eigenvalue weighted by molar-refractivity contribution is -0.140. The minimum Gasteiger partial charge on any atom is -0.480 e. The van der Waals surface area contributed by atoms with Crippen molar-refractivity contribution in [1.82, 2.24) is 5.32 Å². The second kappa shape index (κ2) is 6.27. The lowest BCUT2D eigenvalue weighted by atomic mass is 10.2. The molecule has 1 aliphatic heterocycles. The van der Waals surface area contributed by atoms with Crippen LogP contribution in [-0.2, 0) is 21.8 Å². The van der Waals surface area contributed by atoms with Crippen molar-refractivity contribution < 1.29 is 19.5 Å². The van der Waals surface area contributed by atoms with Crippen LogP contribution in [-0.4, -0.2) is 34.7 Å². The normalized spacial score (nSPS) is 15.2. The van der Waals surface area contributed by atoms with E-state index in [9.17, 15) is 14.4 Å². The van der Waals surface area contributed by atoms with Gasteiger partial charge < -0.3 is 16.2 Å². The van der Waals surface area contributed by atoms with Gasteiger partial charge in [0.1, 0.15) is 6.04 Å². The molecule has 108 valence electrons. The fraction of sp³-hybridized carbons (Fsp3) is 0.417. The first kappa shape index (κ1) is 14.9. The van der Waals surface area contributed by atoms with Crippen molar-refractivity contribution in [1.29, 1.82) is 0 Å². The monoisotopic (exact) mass is 314 g/mol. The van der Waals surface area contributed by atoms with Crippen LogP contribution in [0.15, 0.2) is 6.07 Å². The predicted molar refractivity (Wildman–Crippen MR) is 76.9 cm³/mol. The summed E-state index contributed by atoms with van der Waals surface area (Å²) in [4.78, 5) is 35.5. The Morgan fingerprint density at radius 2 is 2.20 bits per heavy atom. The lowest BCUT2D eigenvalue weighted by Gasteiger charge is -2.11. The molecule has 0 bridgehead atoms. The van der Waals surface area contributed by atoms with Gasteiger partial charge in [0.2, 0.25) is 5.91 Å². The number of amides is 2. The number of thioether (sulfide) groups is 1. The molecule has 4 N–H and O–H groups in total. The minimum absolute atomic E-state index is 0.415. The molecule has 0 spiro atoms. The first-order valence-electron chi connectivity index (χ1n) is 5.98. The molecule has 20 heavy (non-hydrogen) atoms. The zero-order valence-electron chi connectivity index (χ0n) is 10.5. The Labute approximate surface area is 123 Å². The topological polar surface area (TPSA) is 109 Å². The van der Waals surface area contributed by atoms with Crippen molar-refractivity contribution in [2.24, 2.45) is 5.73 Å². The second-order valence-electron chi connectivity index (χ2n) is 4.40. The molecule has 0 fully saturated rings. The third-order valence-corrected chi connectivity index (χ3v) is 5.10. The molecule has 1 aromatic heterocycles. The fourth-order valence-electron chi connectivity index (χ4n) is 1.89. The molecule has 2 rings (SSSR count). The molecule has 2 heterocycles. The summed E-state index contributed by atoms with van der Waals surface area (Å²) in [6.45, 7) is 0. The second-order valence-corrected chi connectivity index (χ2v) is 6.64. The van der Waals surface area contributed by atoms with Gasteiger partial charge in [-0.3, -0.25) is 9.59 Å². The maximum atomic E-state index is 12.0. The number of aryl methyl sites for hydroxylation is 1. The number of carboxylic acids is 1. The third kappa shape index (κ3) is 3.51. The number of nitrogens with one attached hydrogen (secondary N) is 1. The molecule has 1 unspecified atom stereocenters. The number of fused-ring (bicyclic) bond motifs is 1. The highest BCUT2D eigenvalue weighted by Gasteiger charge is 2.24. The molecule has 0 saturated heterocycles. The van der Waals surface area contributed by atoms with Gasteiger partial charge in [-0.25, -0.2) is 4.79 Å². The first-order valence-corrected chi connectivity index (χ1v) is 7.96. The molecule has 6 nitrogen and oxygen atoms in total. The number of nitrogens with two attached hydrogens (primary N) is 1. The quantitative estimate of drug-likeness (QED) is 0.737. The van der Waals surface area contributed by atoms with Gasteiger partial charge in [-0.1, -0.05) is 0 Å². The van der Waals surface area contributed by atoms with E-state index >= 15 is 0 Å². The van der Waals surface area contributed by atoms with Gasteiger partial charge in [-0.05, 0) is 23.8 Å². The van der Waals surface area contributed by atoms with Gasteiger partial charge in [-0.15, -0.1) is 11.3 Å². The summed E-state index contributed by atoms with van der Waals surface area (Å²) in [7, 11) is 0. The SMILES string of the molecule is NC(=O)CC(NC(=O)c1cc2c(s1)CCSC2)C(=O)O. The van der Waals surface area contributed by atoms with Crippen LogP contribution in [0, 0.1) is 0 Å². The van der Waals surface area contributed by atoms with Gasteiger partial charge >= 0.3 is 5.97 Å². The summed E-state index contributed by atoms with van der Waals surface area (Å²) in [5.74, 6) is -0.590. The standard InChI is InChI=1S/C12H14N2O4S2/c13-10(15)4-7(12(17)18)14-11(16)9-3-6-5-19-2-1-8(6)20-9/h3,7H,1-2,4-5H2,(H2,13,15)(H,14,16)(H,17,18). The van der Waals surface area contributed by atoms with Crippen LogP contribution in [0.1, 0.15) is 26.5 Å². The summed E-state index contributed by atoms with van der Waals surface area (Å²) in [6.07, 6.45) is 0.517. The van der Waals surface area contributed by atoms with E-state index in [4.69, 9.17) is 10.8 Å². The van der Waals surface area contributed by atoms with Crippen molar-refractivity contribution in [3.63, 3.8) is 0 Å². The smallest absolute Gasteiger partial charge is 0.326 e. The lowest BCUT2D eigenvalue weighted by Crippen LogP contribution is -2.43. The van der Waals surface area contributed by atoms with Crippen LogP contribution >= 0.6 is 23.1 Å². The van der Waals surface area contributed by atoms with Gasteiger partial charge in [0.15, 0.2) is 0 Å². The number of carbonyl (C=O) groups is 3. The van der Waals surface area contributed by atoms with Crippen LogP contribution in [0.2, 0.25) is 0 Å². The van der Waals surface area contributed by atoms with Gasteiger partial charge in [0.05, 0.1) is 11.3 Å². The van der Waals surface area contributed by atoms with Gasteiger partial charge in [0.25, 0.3) is 5.91 Å². The number of thiophene rings is 1. The van der Waals surface area contributed by atoms with Crippen molar-refractivity contribution in [2.45, 2.75) is 24.6 Å². The molecule has 0 aromatic carbocycles. The maximum Gasteiger partial charge on any atom is 0.326 e. The molecule has 2 amide bonds. The molecular formula is C12H14N2O4S2. The van der Waals surface area contributed by atoms with Crippen LogP contribution in [0.25, 0.3) is 0 Å². The highest BCUT2D eigenvalue weighted by Crippen LogP contribution is 2.31. The number of hydrogen-bond acceptors (Lipinski definition) is 5. The Balaban J connectivity index is 2.08. The molecule has 0 saturated carbocycles. The Morgan fingerprint density at radius 1 is 1.45 bits per heavy atom. The number of carboxylic acid groups (broad SMARTS) is 1. The van der Waals surface area contributed by atoms with E-state index in [1.807, 2.05) is 11.8 Å². The molecule has 8 heteroatoms. The highest BCUT2D eigenvalue weighted by atomic mass is 32.2. The van der Waals surface area contributed by atoms with Crippen molar-refractivity contribution in [3.05, 3.63) is 21.4 Å². The van der Waals surface area contributed by atoms with Crippen molar-refractivity contribution in [2.75, 3.05) is 5.75 Å². The van der Waals surface area contributed by atoms with Crippen LogP contribution < -0.4 is 11.1 Å². The van der Waals surface area contributed by atoms with E-state index in [2.05, 4.69) is 5.32 Å². The van der Waals surface area contributed by atoms with E-state index in [1.54, 1.807) is 6.07 Å². The number of rotatable bonds is 5.